The van der Waals surface area contributed by atoms with E-state index in [-0.39, 0.29) is 0 Å². The molecule has 0 saturated carbocycles. The van der Waals surface area contributed by atoms with Crippen molar-refractivity contribution in [3.05, 3.63) is 54.1 Å². The number of pyridine rings is 1. The summed E-state index contributed by atoms with van der Waals surface area (Å²) in [5, 5.41) is 10.5. The van der Waals surface area contributed by atoms with E-state index in [2.05, 4.69) is 39.7 Å². The lowest BCUT2D eigenvalue weighted by atomic mass is 9.92. The highest BCUT2D eigenvalue weighted by Crippen LogP contribution is 2.34. The Balaban J connectivity index is 1.73. The molecule has 4 rings (SSSR count). The molecule has 4 heteroatoms. The second kappa shape index (κ2) is 4.88. The van der Waals surface area contributed by atoms with E-state index >= 15 is 0 Å². The van der Waals surface area contributed by atoms with Crippen molar-refractivity contribution in [2.75, 3.05) is 5.32 Å². The van der Waals surface area contributed by atoms with Crippen molar-refractivity contribution < 1.29 is 0 Å². The number of aromatic nitrogens is 3. The van der Waals surface area contributed by atoms with Gasteiger partial charge in [0.15, 0.2) is 0 Å². The monoisotopic (exact) mass is 278 g/mol. The van der Waals surface area contributed by atoms with Crippen molar-refractivity contribution in [2.24, 2.45) is 7.05 Å². The van der Waals surface area contributed by atoms with Gasteiger partial charge in [0, 0.05) is 47.2 Å². The first-order chi connectivity index (χ1) is 10.3. The lowest BCUT2D eigenvalue weighted by Crippen LogP contribution is -2.17. The molecular weight excluding hydrogens is 260 g/mol. The minimum Gasteiger partial charge on any atom is -0.378 e. The minimum absolute atomic E-state index is 0.348. The number of benzene rings is 1. The molecule has 2 heterocycles. The standard InChI is InChI=1S/C17H18N4/c1-21-17-7-3-6-16(14(17)11-19-21)20-15-5-2-4-12-10-18-9-8-13(12)15/h2,4-5,8-11,16,20H,3,6-7H2,1H3. The first-order valence-corrected chi connectivity index (χ1v) is 7.43. The Hall–Kier alpha value is -2.36. The van der Waals surface area contributed by atoms with E-state index in [1.807, 2.05) is 30.3 Å². The third-order valence-corrected chi connectivity index (χ3v) is 4.39. The van der Waals surface area contributed by atoms with Gasteiger partial charge in [-0.25, -0.2) is 0 Å². The highest BCUT2D eigenvalue weighted by molar-refractivity contribution is 5.93. The molecule has 1 aliphatic rings. The zero-order valence-electron chi connectivity index (χ0n) is 12.1. The van der Waals surface area contributed by atoms with Crippen LogP contribution in [-0.2, 0) is 13.5 Å². The van der Waals surface area contributed by atoms with Crippen molar-refractivity contribution in [3.63, 3.8) is 0 Å². The zero-order chi connectivity index (χ0) is 14.2. The van der Waals surface area contributed by atoms with Gasteiger partial charge >= 0.3 is 0 Å². The van der Waals surface area contributed by atoms with E-state index in [1.165, 1.54) is 34.1 Å². The summed E-state index contributed by atoms with van der Waals surface area (Å²) in [6, 6.07) is 8.75. The van der Waals surface area contributed by atoms with Crippen LogP contribution in [0.15, 0.2) is 42.9 Å². The van der Waals surface area contributed by atoms with Crippen LogP contribution in [0.3, 0.4) is 0 Å². The summed E-state index contributed by atoms with van der Waals surface area (Å²) in [4.78, 5) is 4.20. The number of nitrogens with one attached hydrogen (secondary N) is 1. The molecule has 3 aromatic rings. The molecular formula is C17H18N4. The quantitative estimate of drug-likeness (QED) is 0.780. The summed E-state index contributed by atoms with van der Waals surface area (Å²) in [6.45, 7) is 0. The van der Waals surface area contributed by atoms with Crippen LogP contribution < -0.4 is 5.32 Å². The molecule has 1 N–H and O–H groups in total. The maximum absolute atomic E-state index is 4.42. The third kappa shape index (κ3) is 2.07. The Morgan fingerprint density at radius 3 is 3.14 bits per heavy atom. The number of fused-ring (bicyclic) bond motifs is 2. The third-order valence-electron chi connectivity index (χ3n) is 4.39. The molecule has 0 amide bonds. The molecule has 0 spiro atoms. The molecule has 0 radical (unpaired) electrons. The molecule has 1 aromatic carbocycles. The first-order valence-electron chi connectivity index (χ1n) is 7.43. The van der Waals surface area contributed by atoms with Crippen LogP contribution in [0.25, 0.3) is 10.8 Å². The average Bonchev–Trinajstić information content (AvgIpc) is 2.90. The Morgan fingerprint density at radius 1 is 1.24 bits per heavy atom. The van der Waals surface area contributed by atoms with Crippen molar-refractivity contribution in [1.82, 2.24) is 14.8 Å². The van der Waals surface area contributed by atoms with Gasteiger partial charge in [0.1, 0.15) is 0 Å². The number of aryl methyl sites for hydroxylation is 1. The fourth-order valence-corrected chi connectivity index (χ4v) is 3.29. The van der Waals surface area contributed by atoms with E-state index in [9.17, 15) is 0 Å². The van der Waals surface area contributed by atoms with Crippen LogP contribution >= 0.6 is 0 Å². The van der Waals surface area contributed by atoms with Crippen molar-refractivity contribution in [2.45, 2.75) is 25.3 Å². The van der Waals surface area contributed by atoms with Crippen LogP contribution in [-0.4, -0.2) is 14.8 Å². The van der Waals surface area contributed by atoms with Gasteiger partial charge < -0.3 is 5.32 Å². The van der Waals surface area contributed by atoms with Crippen molar-refractivity contribution in [3.8, 4) is 0 Å². The topological polar surface area (TPSA) is 42.7 Å². The first kappa shape index (κ1) is 12.4. The second-order valence-corrected chi connectivity index (χ2v) is 5.66. The summed E-state index contributed by atoms with van der Waals surface area (Å²) in [5.41, 5.74) is 3.88. The number of rotatable bonds is 2. The second-order valence-electron chi connectivity index (χ2n) is 5.66. The summed E-state index contributed by atoms with van der Waals surface area (Å²) in [7, 11) is 2.03. The maximum atomic E-state index is 4.42. The zero-order valence-corrected chi connectivity index (χ0v) is 12.1. The smallest absolute Gasteiger partial charge is 0.0548 e. The Labute approximate surface area is 123 Å². The average molecular weight is 278 g/mol. The number of nitrogens with zero attached hydrogens (tertiary/aromatic N) is 3. The van der Waals surface area contributed by atoms with Crippen LogP contribution in [0.5, 0.6) is 0 Å². The number of anilines is 1. The van der Waals surface area contributed by atoms with Gasteiger partial charge in [0.2, 0.25) is 0 Å². The summed E-state index contributed by atoms with van der Waals surface area (Å²) in [5.74, 6) is 0. The fraction of sp³-hybridized carbons (Fsp3) is 0.294. The summed E-state index contributed by atoms with van der Waals surface area (Å²) < 4.78 is 2.01. The van der Waals surface area contributed by atoms with E-state index in [4.69, 9.17) is 0 Å². The van der Waals surface area contributed by atoms with E-state index < -0.39 is 0 Å². The van der Waals surface area contributed by atoms with Crippen molar-refractivity contribution in [1.29, 1.82) is 0 Å². The van der Waals surface area contributed by atoms with Gasteiger partial charge in [-0.1, -0.05) is 12.1 Å². The highest BCUT2D eigenvalue weighted by atomic mass is 15.3. The fourth-order valence-electron chi connectivity index (χ4n) is 3.29. The van der Waals surface area contributed by atoms with Gasteiger partial charge in [-0.3, -0.25) is 9.67 Å². The normalized spacial score (nSPS) is 17.7. The highest BCUT2D eigenvalue weighted by Gasteiger charge is 2.23. The van der Waals surface area contributed by atoms with Crippen LogP contribution in [0, 0.1) is 0 Å². The molecule has 0 aliphatic heterocycles. The number of hydrogen-bond donors (Lipinski definition) is 1. The molecule has 2 aromatic heterocycles. The predicted molar refractivity (Wildman–Crippen MR) is 84.3 cm³/mol. The molecule has 4 nitrogen and oxygen atoms in total. The minimum atomic E-state index is 0.348. The number of hydrogen-bond acceptors (Lipinski definition) is 3. The molecule has 0 bridgehead atoms. The van der Waals surface area contributed by atoms with Crippen LogP contribution in [0.4, 0.5) is 5.69 Å². The largest absolute Gasteiger partial charge is 0.378 e. The molecule has 0 saturated heterocycles. The Bertz CT molecular complexity index is 785. The van der Waals surface area contributed by atoms with E-state index in [0.717, 1.165) is 12.8 Å². The lowest BCUT2D eigenvalue weighted by Gasteiger charge is -2.25. The molecule has 106 valence electrons. The van der Waals surface area contributed by atoms with Gasteiger partial charge in [-0.15, -0.1) is 0 Å². The molecule has 1 aliphatic carbocycles. The Morgan fingerprint density at radius 2 is 2.19 bits per heavy atom. The maximum Gasteiger partial charge on any atom is 0.0548 e. The molecule has 0 fully saturated rings. The molecule has 21 heavy (non-hydrogen) atoms. The Kier molecular flexibility index (Phi) is 2.88. The summed E-state index contributed by atoms with van der Waals surface area (Å²) in [6.07, 6.45) is 9.26. The van der Waals surface area contributed by atoms with Gasteiger partial charge in [0.05, 0.1) is 12.2 Å². The van der Waals surface area contributed by atoms with Crippen molar-refractivity contribution >= 4 is 16.5 Å². The van der Waals surface area contributed by atoms with E-state index in [1.54, 1.807) is 0 Å². The van der Waals surface area contributed by atoms with Gasteiger partial charge in [0.25, 0.3) is 0 Å². The van der Waals surface area contributed by atoms with Crippen LogP contribution in [0.1, 0.15) is 30.1 Å². The van der Waals surface area contributed by atoms with Crippen LogP contribution in [0.2, 0.25) is 0 Å². The van der Waals surface area contributed by atoms with Gasteiger partial charge in [-0.05, 0) is 31.4 Å². The lowest BCUT2D eigenvalue weighted by molar-refractivity contribution is 0.572. The predicted octanol–water partition coefficient (Wildman–Crippen LogP) is 3.46. The molecule has 1 atom stereocenters. The van der Waals surface area contributed by atoms with Gasteiger partial charge in [-0.2, -0.15) is 5.10 Å². The SMILES string of the molecule is Cn1ncc2c1CCCC2Nc1cccc2cnccc12. The summed E-state index contributed by atoms with van der Waals surface area (Å²) >= 11 is 0. The molecule has 1 unspecified atom stereocenters. The van der Waals surface area contributed by atoms with E-state index in [0.29, 0.717) is 6.04 Å².